The predicted octanol–water partition coefficient (Wildman–Crippen LogP) is 7.63. The molecular weight excluding hydrogens is 439 g/mol. The van der Waals surface area contributed by atoms with Crippen molar-refractivity contribution in [2.75, 3.05) is 0 Å². The highest BCUT2D eigenvalue weighted by molar-refractivity contribution is 14.0. The third-order valence-electron chi connectivity index (χ3n) is 6.08. The van der Waals surface area contributed by atoms with E-state index in [2.05, 4.69) is 73.8 Å². The number of allylic oxidation sites excluding steroid dienone is 5. The monoisotopic (exact) mass is 458 g/mol. The molecule has 0 aromatic heterocycles. The molecule has 0 bridgehead atoms. The van der Waals surface area contributed by atoms with E-state index in [0.717, 1.165) is 18.4 Å². The summed E-state index contributed by atoms with van der Waals surface area (Å²) in [6.07, 6.45) is 6.96. The highest BCUT2D eigenvalue weighted by Gasteiger charge is 2.34. The van der Waals surface area contributed by atoms with Crippen molar-refractivity contribution in [3.8, 4) is 11.1 Å². The van der Waals surface area contributed by atoms with Crippen LogP contribution in [-0.4, -0.2) is 0 Å². The fraction of sp³-hybridized carbons (Fsp3) is 0.0769. The molecule has 130 valence electrons. The zero-order valence-electron chi connectivity index (χ0n) is 15.0. The molecule has 6 rings (SSSR count). The lowest BCUT2D eigenvalue weighted by molar-refractivity contribution is 1.03. The van der Waals surface area contributed by atoms with Gasteiger partial charge in [0.2, 0.25) is 0 Å². The van der Waals surface area contributed by atoms with Crippen molar-refractivity contribution < 1.29 is 0 Å². The molecule has 0 saturated heterocycles. The summed E-state index contributed by atoms with van der Waals surface area (Å²) in [4.78, 5) is 0. The van der Waals surface area contributed by atoms with Crippen molar-refractivity contribution >= 4 is 51.5 Å². The second-order valence-electron chi connectivity index (χ2n) is 7.43. The summed E-state index contributed by atoms with van der Waals surface area (Å²) in [5, 5.41) is 2.56. The fourth-order valence-corrected chi connectivity index (χ4v) is 4.88. The van der Waals surface area contributed by atoms with Gasteiger partial charge >= 0.3 is 0 Å². The smallest absolute Gasteiger partial charge is 0.00201 e. The maximum Gasteiger partial charge on any atom is -0.00201 e. The Morgan fingerprint density at radius 3 is 1.93 bits per heavy atom. The third kappa shape index (κ3) is 2.09. The summed E-state index contributed by atoms with van der Waals surface area (Å²) in [5.74, 6) is 0. The zero-order chi connectivity index (χ0) is 17.4. The van der Waals surface area contributed by atoms with E-state index in [1.807, 2.05) is 0 Å². The Balaban J connectivity index is 0.00000160. The Kier molecular flexibility index (Phi) is 3.60. The van der Waals surface area contributed by atoms with Gasteiger partial charge in [-0.1, -0.05) is 61.7 Å². The topological polar surface area (TPSA) is 0 Å². The molecule has 3 aliphatic rings. The van der Waals surface area contributed by atoms with E-state index in [4.69, 9.17) is 0 Å². The van der Waals surface area contributed by atoms with Crippen LogP contribution in [0.2, 0.25) is 0 Å². The van der Waals surface area contributed by atoms with Gasteiger partial charge in [0.25, 0.3) is 0 Å². The standard InChI is InChI=1S/C26H18.HI/c1-15-19-9-5-6-10-20(19)21-11-12-22-24-14-18-8-4-3-7-17(18)13-23(24)16(2)26(22)25(15)21;/h3-4,7-14H,1-2,5-6H2;1H. The maximum atomic E-state index is 4.49. The second kappa shape index (κ2) is 5.80. The van der Waals surface area contributed by atoms with Crippen LogP contribution in [0.1, 0.15) is 35.1 Å². The average Bonchev–Trinajstić information content (AvgIpc) is 3.13. The van der Waals surface area contributed by atoms with Gasteiger partial charge in [-0.15, -0.1) is 24.0 Å². The summed E-state index contributed by atoms with van der Waals surface area (Å²) in [7, 11) is 0. The van der Waals surface area contributed by atoms with Crippen molar-refractivity contribution in [2.24, 2.45) is 0 Å². The van der Waals surface area contributed by atoms with Crippen molar-refractivity contribution in [1.82, 2.24) is 0 Å². The van der Waals surface area contributed by atoms with Gasteiger partial charge in [0.15, 0.2) is 0 Å². The lowest BCUT2D eigenvalue weighted by Gasteiger charge is -2.09. The van der Waals surface area contributed by atoms with Crippen LogP contribution in [0.4, 0.5) is 0 Å². The molecule has 0 heterocycles. The van der Waals surface area contributed by atoms with E-state index in [1.165, 1.54) is 60.9 Å². The van der Waals surface area contributed by atoms with Gasteiger partial charge in [0.1, 0.15) is 0 Å². The first-order chi connectivity index (χ1) is 12.7. The molecule has 3 aliphatic carbocycles. The summed E-state index contributed by atoms with van der Waals surface area (Å²) >= 11 is 0. The average molecular weight is 458 g/mol. The zero-order valence-corrected chi connectivity index (χ0v) is 17.3. The van der Waals surface area contributed by atoms with Crippen LogP contribution < -0.4 is 0 Å². The molecule has 0 amide bonds. The normalized spacial score (nSPS) is 16.1. The van der Waals surface area contributed by atoms with Crippen molar-refractivity contribution in [3.63, 3.8) is 0 Å². The SMILES string of the molecule is C=C1C2=CCCC=C2c2ccc3c(c21)C(=C)c1cc2ccccc2cc1-3.I. The first-order valence-corrected chi connectivity index (χ1v) is 9.24. The lowest BCUT2D eigenvalue weighted by Crippen LogP contribution is -1.89. The first kappa shape index (κ1) is 16.8. The van der Waals surface area contributed by atoms with E-state index in [-0.39, 0.29) is 24.0 Å². The number of benzene rings is 3. The van der Waals surface area contributed by atoms with Crippen LogP contribution in [0.3, 0.4) is 0 Å². The minimum Gasteiger partial charge on any atom is -0.107 e. The number of rotatable bonds is 0. The van der Waals surface area contributed by atoms with Crippen LogP contribution in [0.5, 0.6) is 0 Å². The molecule has 0 aliphatic heterocycles. The summed E-state index contributed by atoms with van der Waals surface area (Å²) in [6.45, 7) is 8.95. The van der Waals surface area contributed by atoms with Gasteiger partial charge in [-0.25, -0.2) is 0 Å². The molecule has 0 saturated carbocycles. The maximum absolute atomic E-state index is 4.49. The number of hydrogen-bond donors (Lipinski definition) is 0. The molecule has 0 atom stereocenters. The van der Waals surface area contributed by atoms with E-state index >= 15 is 0 Å². The predicted molar refractivity (Wildman–Crippen MR) is 127 cm³/mol. The second-order valence-corrected chi connectivity index (χ2v) is 7.43. The summed E-state index contributed by atoms with van der Waals surface area (Å²) in [5.41, 5.74) is 12.8. The van der Waals surface area contributed by atoms with Crippen LogP contribution in [0.15, 0.2) is 79.4 Å². The Bertz CT molecular complexity index is 1250. The molecule has 3 aromatic rings. The largest absolute Gasteiger partial charge is 0.107 e. The van der Waals surface area contributed by atoms with E-state index < -0.39 is 0 Å². The van der Waals surface area contributed by atoms with Crippen LogP contribution in [0, 0.1) is 0 Å². The van der Waals surface area contributed by atoms with Crippen molar-refractivity contribution in [2.45, 2.75) is 12.8 Å². The van der Waals surface area contributed by atoms with E-state index in [1.54, 1.807) is 0 Å². The van der Waals surface area contributed by atoms with Gasteiger partial charge in [-0.3, -0.25) is 0 Å². The number of hydrogen-bond acceptors (Lipinski definition) is 0. The molecule has 0 fully saturated rings. The summed E-state index contributed by atoms with van der Waals surface area (Å²) < 4.78 is 0. The first-order valence-electron chi connectivity index (χ1n) is 9.24. The van der Waals surface area contributed by atoms with Gasteiger partial charge in [0, 0.05) is 0 Å². The molecular formula is C26H19I. The minimum absolute atomic E-state index is 0. The van der Waals surface area contributed by atoms with E-state index in [9.17, 15) is 0 Å². The Morgan fingerprint density at radius 2 is 1.19 bits per heavy atom. The highest BCUT2D eigenvalue weighted by Crippen LogP contribution is 2.55. The summed E-state index contributed by atoms with van der Waals surface area (Å²) in [6, 6.07) is 17.8. The van der Waals surface area contributed by atoms with Crippen LogP contribution in [-0.2, 0) is 0 Å². The lowest BCUT2D eigenvalue weighted by atomic mass is 9.94. The van der Waals surface area contributed by atoms with Crippen LogP contribution in [0.25, 0.3) is 38.6 Å². The molecule has 0 spiro atoms. The van der Waals surface area contributed by atoms with Gasteiger partial charge in [-0.2, -0.15) is 0 Å². The number of halogens is 1. The highest BCUT2D eigenvalue weighted by atomic mass is 127. The molecule has 1 heteroatoms. The molecule has 27 heavy (non-hydrogen) atoms. The Hall–Kier alpha value is -2.39. The van der Waals surface area contributed by atoms with Gasteiger partial charge < -0.3 is 0 Å². The van der Waals surface area contributed by atoms with Crippen molar-refractivity contribution in [1.29, 1.82) is 0 Å². The third-order valence-corrected chi connectivity index (χ3v) is 6.08. The fourth-order valence-electron chi connectivity index (χ4n) is 4.88. The molecule has 0 radical (unpaired) electrons. The molecule has 0 unspecified atom stereocenters. The number of fused-ring (bicyclic) bond motifs is 8. The minimum atomic E-state index is 0. The van der Waals surface area contributed by atoms with Crippen LogP contribution >= 0.6 is 24.0 Å². The van der Waals surface area contributed by atoms with Crippen molar-refractivity contribution in [3.05, 3.63) is 102 Å². The molecule has 0 N–H and O–H groups in total. The Labute approximate surface area is 176 Å². The molecule has 3 aromatic carbocycles. The molecule has 0 nitrogen and oxygen atoms in total. The Morgan fingerprint density at radius 1 is 0.593 bits per heavy atom. The quantitative estimate of drug-likeness (QED) is 0.238. The van der Waals surface area contributed by atoms with Gasteiger partial charge in [-0.05, 0) is 91.4 Å². The van der Waals surface area contributed by atoms with E-state index in [0.29, 0.717) is 0 Å². The van der Waals surface area contributed by atoms with Gasteiger partial charge in [0.05, 0.1) is 0 Å².